The van der Waals surface area contributed by atoms with Gasteiger partial charge < -0.3 is 9.64 Å². The maximum atomic E-state index is 12.5. The first-order valence-corrected chi connectivity index (χ1v) is 8.84. The number of carbonyl (C=O) groups is 1. The van der Waals surface area contributed by atoms with Gasteiger partial charge in [0.25, 0.3) is 0 Å². The highest BCUT2D eigenvalue weighted by Crippen LogP contribution is 2.26. The van der Waals surface area contributed by atoms with Crippen LogP contribution in [0.15, 0.2) is 22.2 Å². The third-order valence-electron chi connectivity index (χ3n) is 3.58. The van der Waals surface area contributed by atoms with E-state index in [1.165, 1.54) is 0 Å². The molecule has 0 spiro atoms. The summed E-state index contributed by atoms with van der Waals surface area (Å²) in [5.41, 5.74) is 2.00. The molecule has 0 radical (unpaired) electrons. The number of nitrogens with zero attached hydrogens (tertiary/aromatic N) is 2. The third-order valence-corrected chi connectivity index (χ3v) is 5.20. The van der Waals surface area contributed by atoms with E-state index in [0.29, 0.717) is 19.6 Å². The minimum atomic E-state index is 0.113. The van der Waals surface area contributed by atoms with Crippen LogP contribution in [0.3, 0.4) is 0 Å². The van der Waals surface area contributed by atoms with Crippen LogP contribution in [0.5, 0.6) is 0 Å². The fraction of sp³-hybridized carbons (Fsp3) is 0.467. The number of hydrogen-bond acceptors (Lipinski definition) is 5. The first kappa shape index (κ1) is 14.7. The van der Waals surface area contributed by atoms with E-state index < -0.39 is 0 Å². The van der Waals surface area contributed by atoms with Gasteiger partial charge in [-0.05, 0) is 25.3 Å². The van der Waals surface area contributed by atoms with Crippen LogP contribution in [0.4, 0.5) is 0 Å². The van der Waals surface area contributed by atoms with E-state index in [4.69, 9.17) is 4.74 Å². The van der Waals surface area contributed by atoms with Gasteiger partial charge in [-0.2, -0.15) is 11.3 Å². The van der Waals surface area contributed by atoms with E-state index in [9.17, 15) is 4.79 Å². The molecule has 6 heteroatoms. The smallest absolute Gasteiger partial charge is 0.229 e. The van der Waals surface area contributed by atoms with Crippen LogP contribution >= 0.6 is 22.7 Å². The van der Waals surface area contributed by atoms with E-state index in [0.717, 1.165) is 16.3 Å². The molecular formula is C15H18N2O2S2. The molecule has 1 aliphatic heterocycles. The quantitative estimate of drug-likeness (QED) is 0.872. The van der Waals surface area contributed by atoms with Crippen molar-refractivity contribution in [2.24, 2.45) is 0 Å². The van der Waals surface area contributed by atoms with E-state index in [-0.39, 0.29) is 18.1 Å². The summed E-state index contributed by atoms with van der Waals surface area (Å²) in [5, 5.41) is 7.09. The SMILES string of the molecule is C[C@H]1CN(C(=O)Cc2csc(-c3ccsc3)n2)[C@@H](C)CO1. The van der Waals surface area contributed by atoms with Crippen LogP contribution in [0.2, 0.25) is 0 Å². The lowest BCUT2D eigenvalue weighted by Gasteiger charge is -2.36. The monoisotopic (exact) mass is 322 g/mol. The van der Waals surface area contributed by atoms with E-state index >= 15 is 0 Å². The fourth-order valence-corrected chi connectivity index (χ4v) is 3.95. The van der Waals surface area contributed by atoms with Crippen LogP contribution in [-0.2, 0) is 16.0 Å². The highest BCUT2D eigenvalue weighted by molar-refractivity contribution is 7.14. The molecule has 0 saturated carbocycles. The summed E-state index contributed by atoms with van der Waals surface area (Å²) in [6.07, 6.45) is 0.486. The standard InChI is InChI=1S/C15H18N2O2S2/c1-10-7-19-11(2)6-17(10)14(18)5-13-9-21-15(16-13)12-3-4-20-8-12/h3-4,8-11H,5-7H2,1-2H3/t10-,11-/m0/s1. The lowest BCUT2D eigenvalue weighted by molar-refractivity contribution is -0.142. The first-order chi connectivity index (χ1) is 10.1. The molecule has 0 aliphatic carbocycles. The van der Waals surface area contributed by atoms with Gasteiger partial charge in [0.2, 0.25) is 5.91 Å². The van der Waals surface area contributed by atoms with Gasteiger partial charge in [-0.25, -0.2) is 4.98 Å². The zero-order valence-corrected chi connectivity index (χ0v) is 13.7. The Morgan fingerprint density at radius 2 is 2.33 bits per heavy atom. The summed E-state index contributed by atoms with van der Waals surface area (Å²) in [7, 11) is 0. The molecule has 1 amide bonds. The summed E-state index contributed by atoms with van der Waals surface area (Å²) in [6.45, 7) is 5.32. The number of rotatable bonds is 3. The van der Waals surface area contributed by atoms with Crippen molar-refractivity contribution in [1.29, 1.82) is 0 Å². The Morgan fingerprint density at radius 1 is 1.48 bits per heavy atom. The number of thiophene rings is 1. The molecule has 21 heavy (non-hydrogen) atoms. The van der Waals surface area contributed by atoms with Gasteiger partial charge >= 0.3 is 0 Å². The lowest BCUT2D eigenvalue weighted by atomic mass is 10.2. The number of thiazole rings is 1. The number of hydrogen-bond donors (Lipinski definition) is 0. The summed E-state index contributed by atoms with van der Waals surface area (Å²) in [5.74, 6) is 0.139. The molecule has 0 bridgehead atoms. The van der Waals surface area contributed by atoms with Gasteiger partial charge in [0.15, 0.2) is 0 Å². The molecular weight excluding hydrogens is 304 g/mol. The average Bonchev–Trinajstić information content (AvgIpc) is 3.11. The van der Waals surface area contributed by atoms with Crippen molar-refractivity contribution in [1.82, 2.24) is 9.88 Å². The second-order valence-electron chi connectivity index (χ2n) is 5.37. The van der Waals surface area contributed by atoms with Crippen molar-refractivity contribution in [3.05, 3.63) is 27.9 Å². The third kappa shape index (κ3) is 3.33. The molecule has 1 fully saturated rings. The molecule has 1 saturated heterocycles. The summed E-state index contributed by atoms with van der Waals surface area (Å²) < 4.78 is 5.57. The number of carbonyl (C=O) groups excluding carboxylic acids is 1. The molecule has 0 N–H and O–H groups in total. The van der Waals surface area contributed by atoms with Crippen molar-refractivity contribution in [2.75, 3.05) is 13.2 Å². The maximum absolute atomic E-state index is 12.5. The zero-order valence-electron chi connectivity index (χ0n) is 12.1. The van der Waals surface area contributed by atoms with E-state index in [1.54, 1.807) is 22.7 Å². The Kier molecular flexibility index (Phi) is 4.37. The van der Waals surface area contributed by atoms with Crippen LogP contribution in [0.1, 0.15) is 19.5 Å². The molecule has 2 aromatic rings. The van der Waals surface area contributed by atoms with Crippen LogP contribution in [0, 0.1) is 0 Å². The van der Waals surface area contributed by atoms with Crippen molar-refractivity contribution >= 4 is 28.6 Å². The maximum Gasteiger partial charge on any atom is 0.229 e. The second kappa shape index (κ2) is 6.25. The van der Waals surface area contributed by atoms with Crippen LogP contribution < -0.4 is 0 Å². The predicted molar refractivity (Wildman–Crippen MR) is 85.7 cm³/mol. The average molecular weight is 322 g/mol. The van der Waals surface area contributed by atoms with Gasteiger partial charge in [0.1, 0.15) is 5.01 Å². The van der Waals surface area contributed by atoms with Crippen molar-refractivity contribution < 1.29 is 9.53 Å². The molecule has 0 aromatic carbocycles. The normalized spacial score (nSPS) is 22.5. The number of amides is 1. The Balaban J connectivity index is 1.67. The Labute approximate surface area is 132 Å². The van der Waals surface area contributed by atoms with Gasteiger partial charge in [0.05, 0.1) is 30.9 Å². The zero-order chi connectivity index (χ0) is 14.8. The molecule has 3 heterocycles. The molecule has 4 nitrogen and oxygen atoms in total. The van der Waals surface area contributed by atoms with Crippen LogP contribution in [-0.4, -0.2) is 41.1 Å². The van der Waals surface area contributed by atoms with E-state index in [1.807, 2.05) is 29.5 Å². The van der Waals surface area contributed by atoms with Gasteiger partial charge in [-0.1, -0.05) is 0 Å². The summed E-state index contributed by atoms with van der Waals surface area (Å²) in [6, 6.07) is 2.20. The topological polar surface area (TPSA) is 42.4 Å². The van der Waals surface area contributed by atoms with Crippen LogP contribution in [0.25, 0.3) is 10.6 Å². The molecule has 112 valence electrons. The predicted octanol–water partition coefficient (Wildman–Crippen LogP) is 3.05. The largest absolute Gasteiger partial charge is 0.375 e. The highest BCUT2D eigenvalue weighted by Gasteiger charge is 2.27. The van der Waals surface area contributed by atoms with Crippen molar-refractivity contribution in [2.45, 2.75) is 32.4 Å². The van der Waals surface area contributed by atoms with Crippen molar-refractivity contribution in [3.8, 4) is 10.6 Å². The Bertz CT molecular complexity index is 609. The number of aromatic nitrogens is 1. The molecule has 3 rings (SSSR count). The Hall–Kier alpha value is -1.24. The molecule has 0 unspecified atom stereocenters. The van der Waals surface area contributed by atoms with E-state index in [2.05, 4.69) is 16.4 Å². The molecule has 2 atom stereocenters. The van der Waals surface area contributed by atoms with Gasteiger partial charge in [0, 0.05) is 22.9 Å². The lowest BCUT2D eigenvalue weighted by Crippen LogP contribution is -2.50. The summed E-state index contributed by atoms with van der Waals surface area (Å²) in [4.78, 5) is 18.9. The summed E-state index contributed by atoms with van der Waals surface area (Å²) >= 11 is 3.26. The number of ether oxygens (including phenoxy) is 1. The van der Waals surface area contributed by atoms with Gasteiger partial charge in [-0.3, -0.25) is 4.79 Å². The minimum Gasteiger partial charge on any atom is -0.375 e. The van der Waals surface area contributed by atoms with Crippen molar-refractivity contribution in [3.63, 3.8) is 0 Å². The Morgan fingerprint density at radius 3 is 3.10 bits per heavy atom. The fourth-order valence-electron chi connectivity index (χ4n) is 2.41. The minimum absolute atomic E-state index is 0.113. The molecule has 2 aromatic heterocycles. The molecule has 1 aliphatic rings. The second-order valence-corrected chi connectivity index (χ2v) is 7.01. The first-order valence-electron chi connectivity index (χ1n) is 7.01. The number of morpholine rings is 1. The highest BCUT2D eigenvalue weighted by atomic mass is 32.1. The van der Waals surface area contributed by atoms with Gasteiger partial charge in [-0.15, -0.1) is 11.3 Å².